The largest absolute Gasteiger partial charge is 0.359 e. The highest BCUT2D eigenvalue weighted by atomic mass is 16.7. The molecule has 1 aliphatic rings. The van der Waals surface area contributed by atoms with Crippen molar-refractivity contribution in [3.63, 3.8) is 0 Å². The molecule has 5 nitrogen and oxygen atoms in total. The summed E-state index contributed by atoms with van der Waals surface area (Å²) in [6, 6.07) is 0. The SMILES string of the molecule is CNCCN(C)C1=NOC(=O)C1. The van der Waals surface area contributed by atoms with Crippen LogP contribution >= 0.6 is 0 Å². The van der Waals surface area contributed by atoms with E-state index >= 15 is 0 Å². The minimum Gasteiger partial charge on any atom is -0.359 e. The van der Waals surface area contributed by atoms with E-state index < -0.39 is 0 Å². The molecule has 1 rings (SSSR count). The Balaban J connectivity index is 2.32. The summed E-state index contributed by atoms with van der Waals surface area (Å²) in [6.07, 6.45) is 0.292. The van der Waals surface area contributed by atoms with E-state index in [1.54, 1.807) is 0 Å². The highest BCUT2D eigenvalue weighted by molar-refractivity contribution is 6.00. The zero-order valence-corrected chi connectivity index (χ0v) is 7.33. The predicted molar refractivity (Wildman–Crippen MR) is 44.7 cm³/mol. The second-order valence-corrected chi connectivity index (χ2v) is 2.67. The number of hydrogen-bond acceptors (Lipinski definition) is 5. The number of nitrogens with one attached hydrogen (secondary N) is 1. The lowest BCUT2D eigenvalue weighted by molar-refractivity contribution is -0.140. The van der Waals surface area contributed by atoms with Crippen LogP contribution in [0.15, 0.2) is 5.16 Å². The Bertz CT molecular complexity index is 203. The second-order valence-electron chi connectivity index (χ2n) is 2.67. The third kappa shape index (κ3) is 2.20. The number of amidine groups is 1. The van der Waals surface area contributed by atoms with Gasteiger partial charge in [0.25, 0.3) is 0 Å². The Labute approximate surface area is 71.4 Å². The van der Waals surface area contributed by atoms with E-state index in [1.807, 2.05) is 19.0 Å². The normalized spacial score (nSPS) is 15.8. The molecule has 0 unspecified atom stereocenters. The van der Waals surface area contributed by atoms with Gasteiger partial charge in [-0.25, -0.2) is 4.79 Å². The van der Waals surface area contributed by atoms with Crippen molar-refractivity contribution in [2.75, 3.05) is 27.2 Å². The molecule has 0 aromatic carbocycles. The number of rotatable bonds is 3. The monoisotopic (exact) mass is 171 g/mol. The number of carbonyl (C=O) groups is 1. The molecule has 0 saturated carbocycles. The zero-order valence-electron chi connectivity index (χ0n) is 7.33. The van der Waals surface area contributed by atoms with Gasteiger partial charge in [-0.15, -0.1) is 0 Å². The first-order valence-corrected chi connectivity index (χ1v) is 3.86. The van der Waals surface area contributed by atoms with Crippen molar-refractivity contribution in [3.05, 3.63) is 0 Å². The molecule has 0 aliphatic carbocycles. The van der Waals surface area contributed by atoms with Gasteiger partial charge in [0.2, 0.25) is 0 Å². The van der Waals surface area contributed by atoms with Gasteiger partial charge in [0.15, 0.2) is 5.84 Å². The summed E-state index contributed by atoms with van der Waals surface area (Å²) in [5, 5.41) is 6.65. The maximum absolute atomic E-state index is 10.7. The second kappa shape index (κ2) is 4.06. The summed E-state index contributed by atoms with van der Waals surface area (Å²) in [6.45, 7) is 1.69. The highest BCUT2D eigenvalue weighted by Gasteiger charge is 2.19. The van der Waals surface area contributed by atoms with Gasteiger partial charge in [-0.05, 0) is 7.05 Å². The number of carbonyl (C=O) groups excluding carboxylic acids is 1. The van der Waals surface area contributed by atoms with Crippen LogP contribution in [0.3, 0.4) is 0 Å². The van der Waals surface area contributed by atoms with Gasteiger partial charge in [-0.2, -0.15) is 0 Å². The topological polar surface area (TPSA) is 53.9 Å². The van der Waals surface area contributed by atoms with Crippen LogP contribution < -0.4 is 5.32 Å². The molecule has 0 radical (unpaired) electrons. The molecule has 0 bridgehead atoms. The van der Waals surface area contributed by atoms with E-state index in [1.165, 1.54) is 0 Å². The summed E-state index contributed by atoms with van der Waals surface area (Å²) in [4.78, 5) is 17.0. The molecule has 0 atom stereocenters. The van der Waals surface area contributed by atoms with Crippen LogP contribution in [-0.4, -0.2) is 43.9 Å². The molecule has 68 valence electrons. The van der Waals surface area contributed by atoms with E-state index in [-0.39, 0.29) is 5.97 Å². The molecular formula is C7H13N3O2. The number of likely N-dealkylation sites (N-methyl/N-ethyl adjacent to an activating group) is 2. The molecule has 12 heavy (non-hydrogen) atoms. The van der Waals surface area contributed by atoms with Gasteiger partial charge < -0.3 is 15.1 Å². The van der Waals surface area contributed by atoms with E-state index in [9.17, 15) is 4.79 Å². The van der Waals surface area contributed by atoms with Crippen molar-refractivity contribution in [2.45, 2.75) is 6.42 Å². The van der Waals surface area contributed by atoms with Gasteiger partial charge in [0.1, 0.15) is 6.42 Å². The highest BCUT2D eigenvalue weighted by Crippen LogP contribution is 2.04. The fourth-order valence-corrected chi connectivity index (χ4v) is 0.910. The van der Waals surface area contributed by atoms with Crippen LogP contribution in [0.1, 0.15) is 6.42 Å². The minimum atomic E-state index is -0.277. The fourth-order valence-electron chi connectivity index (χ4n) is 0.910. The van der Waals surface area contributed by atoms with Gasteiger partial charge in [0, 0.05) is 20.1 Å². The van der Waals surface area contributed by atoms with Crippen molar-refractivity contribution in [1.82, 2.24) is 10.2 Å². The molecule has 1 heterocycles. The van der Waals surface area contributed by atoms with Crippen LogP contribution in [-0.2, 0) is 9.63 Å². The van der Waals surface area contributed by atoms with E-state index in [0.717, 1.165) is 13.1 Å². The Morgan fingerprint density at radius 3 is 3.00 bits per heavy atom. The molecule has 0 amide bonds. The third-order valence-electron chi connectivity index (χ3n) is 1.69. The molecule has 5 heteroatoms. The molecule has 0 aromatic heterocycles. The summed E-state index contributed by atoms with van der Waals surface area (Å²) in [5.41, 5.74) is 0. The van der Waals surface area contributed by atoms with Crippen molar-refractivity contribution >= 4 is 11.8 Å². The van der Waals surface area contributed by atoms with Crippen molar-refractivity contribution in [2.24, 2.45) is 5.16 Å². The quantitative estimate of drug-likeness (QED) is 0.576. The van der Waals surface area contributed by atoms with Crippen LogP contribution in [0, 0.1) is 0 Å². The number of oxime groups is 1. The minimum absolute atomic E-state index is 0.277. The molecule has 1 N–H and O–H groups in total. The molecule has 0 spiro atoms. The van der Waals surface area contributed by atoms with Crippen molar-refractivity contribution < 1.29 is 9.63 Å². The van der Waals surface area contributed by atoms with Crippen molar-refractivity contribution in [3.8, 4) is 0 Å². The molecule has 1 aliphatic heterocycles. The smallest absolute Gasteiger partial charge is 0.342 e. The maximum atomic E-state index is 10.7. The van der Waals surface area contributed by atoms with Gasteiger partial charge in [-0.1, -0.05) is 5.16 Å². The van der Waals surface area contributed by atoms with Crippen LogP contribution in [0.5, 0.6) is 0 Å². The lowest BCUT2D eigenvalue weighted by Gasteiger charge is -2.15. The Hall–Kier alpha value is -1.10. The Morgan fingerprint density at radius 1 is 1.75 bits per heavy atom. The third-order valence-corrected chi connectivity index (χ3v) is 1.69. The first-order chi connectivity index (χ1) is 5.74. The van der Waals surface area contributed by atoms with E-state index in [0.29, 0.717) is 12.3 Å². The predicted octanol–water partition coefficient (Wildman–Crippen LogP) is -0.602. The van der Waals surface area contributed by atoms with Gasteiger partial charge >= 0.3 is 5.97 Å². The Morgan fingerprint density at radius 2 is 2.50 bits per heavy atom. The van der Waals surface area contributed by atoms with Gasteiger partial charge in [0.05, 0.1) is 0 Å². The standard InChI is InChI=1S/C7H13N3O2/c1-8-3-4-10(2)6-5-7(11)12-9-6/h8H,3-5H2,1-2H3. The van der Waals surface area contributed by atoms with E-state index in [2.05, 4.69) is 15.3 Å². The maximum Gasteiger partial charge on any atom is 0.342 e. The molecule has 0 aromatic rings. The Kier molecular flexibility index (Phi) is 3.04. The van der Waals surface area contributed by atoms with Crippen LogP contribution in [0.2, 0.25) is 0 Å². The molecule has 0 fully saturated rings. The van der Waals surface area contributed by atoms with Crippen LogP contribution in [0.25, 0.3) is 0 Å². The average Bonchev–Trinajstić information content (AvgIpc) is 2.47. The van der Waals surface area contributed by atoms with Gasteiger partial charge in [-0.3, -0.25) is 0 Å². The molecule has 0 saturated heterocycles. The number of nitrogens with zero attached hydrogens (tertiary/aromatic N) is 2. The first-order valence-electron chi connectivity index (χ1n) is 3.86. The summed E-state index contributed by atoms with van der Waals surface area (Å²) < 4.78 is 0. The summed E-state index contributed by atoms with van der Waals surface area (Å²) in [5.74, 6) is 0.427. The lowest BCUT2D eigenvalue weighted by Crippen LogP contribution is -2.32. The molecular weight excluding hydrogens is 158 g/mol. The van der Waals surface area contributed by atoms with E-state index in [4.69, 9.17) is 0 Å². The first kappa shape index (κ1) is 8.99. The van der Waals surface area contributed by atoms with Crippen LogP contribution in [0.4, 0.5) is 0 Å². The summed E-state index contributed by atoms with van der Waals surface area (Å²) >= 11 is 0. The average molecular weight is 171 g/mol. The lowest BCUT2D eigenvalue weighted by atomic mass is 10.3. The number of hydrogen-bond donors (Lipinski definition) is 1. The zero-order chi connectivity index (χ0) is 8.97. The summed E-state index contributed by atoms with van der Waals surface area (Å²) in [7, 11) is 3.77. The van der Waals surface area contributed by atoms with Crippen molar-refractivity contribution in [1.29, 1.82) is 0 Å². The fraction of sp³-hybridized carbons (Fsp3) is 0.714.